The Morgan fingerprint density at radius 2 is 2.11 bits per heavy atom. The Morgan fingerprint density at radius 1 is 1.37 bits per heavy atom. The van der Waals surface area contributed by atoms with Crippen molar-refractivity contribution in [1.29, 1.82) is 5.26 Å². The highest BCUT2D eigenvalue weighted by Gasteiger charge is 2.10. The summed E-state index contributed by atoms with van der Waals surface area (Å²) in [5, 5.41) is 13.1. The lowest BCUT2D eigenvalue weighted by atomic mass is 10.3. The minimum atomic E-state index is -0.192. The van der Waals surface area contributed by atoms with Gasteiger partial charge in [-0.3, -0.25) is 4.79 Å². The summed E-state index contributed by atoms with van der Waals surface area (Å²) in [6.45, 7) is 3.71. The minimum Gasteiger partial charge on any atom is -0.381 e. The molecule has 0 amide bonds. The van der Waals surface area contributed by atoms with E-state index in [2.05, 4.69) is 15.1 Å². The fourth-order valence-electron chi connectivity index (χ4n) is 1.54. The van der Waals surface area contributed by atoms with E-state index in [-0.39, 0.29) is 23.1 Å². The molecule has 0 saturated carbocycles. The van der Waals surface area contributed by atoms with Crippen LogP contribution in [0.3, 0.4) is 0 Å². The molecule has 0 atom stereocenters. The maximum atomic E-state index is 11.6. The predicted molar refractivity (Wildman–Crippen MR) is 69.0 cm³/mol. The van der Waals surface area contributed by atoms with Gasteiger partial charge in [0.15, 0.2) is 11.5 Å². The number of hydrogen-bond acceptors (Lipinski definition) is 6. The molecule has 0 aliphatic carbocycles. The van der Waals surface area contributed by atoms with Crippen molar-refractivity contribution in [1.82, 2.24) is 19.7 Å². The van der Waals surface area contributed by atoms with E-state index in [9.17, 15) is 4.79 Å². The van der Waals surface area contributed by atoms with Gasteiger partial charge in [0.05, 0.1) is 12.2 Å². The van der Waals surface area contributed by atoms with Crippen LogP contribution in [-0.4, -0.2) is 19.7 Å². The van der Waals surface area contributed by atoms with Crippen LogP contribution in [0.2, 0.25) is 0 Å². The summed E-state index contributed by atoms with van der Waals surface area (Å²) >= 11 is 0. The van der Waals surface area contributed by atoms with E-state index in [1.165, 1.54) is 16.9 Å². The Hall–Kier alpha value is -2.75. The van der Waals surface area contributed by atoms with Gasteiger partial charge >= 0.3 is 0 Å². The zero-order chi connectivity index (χ0) is 14.0. The maximum Gasteiger partial charge on any atom is 0.267 e. The summed E-state index contributed by atoms with van der Waals surface area (Å²) in [4.78, 5) is 19.6. The van der Waals surface area contributed by atoms with Gasteiger partial charge in [-0.05, 0) is 19.9 Å². The lowest BCUT2D eigenvalue weighted by molar-refractivity contribution is 0.504. The first-order valence-electron chi connectivity index (χ1n) is 5.65. The second kappa shape index (κ2) is 4.86. The van der Waals surface area contributed by atoms with Crippen LogP contribution < -0.4 is 11.3 Å². The summed E-state index contributed by atoms with van der Waals surface area (Å²) < 4.78 is 1.35. The van der Waals surface area contributed by atoms with Crippen molar-refractivity contribution in [3.8, 4) is 17.5 Å². The zero-order valence-electron chi connectivity index (χ0n) is 10.5. The van der Waals surface area contributed by atoms with Crippen LogP contribution in [0.25, 0.3) is 11.4 Å². The van der Waals surface area contributed by atoms with Crippen LogP contribution in [0.15, 0.2) is 23.1 Å². The number of aromatic nitrogens is 4. The first-order chi connectivity index (χ1) is 9.02. The quantitative estimate of drug-likeness (QED) is 0.848. The average Bonchev–Trinajstić information content (AvgIpc) is 2.39. The first kappa shape index (κ1) is 12.7. The third-order valence-electron chi connectivity index (χ3n) is 2.48. The average molecular weight is 256 g/mol. The third-order valence-corrected chi connectivity index (χ3v) is 2.48. The number of anilines is 1. The van der Waals surface area contributed by atoms with E-state index in [1.54, 1.807) is 6.07 Å². The highest BCUT2D eigenvalue weighted by atomic mass is 16.1. The Balaban J connectivity index is 2.57. The number of hydrogen-bond donors (Lipinski definition) is 1. The molecule has 0 aromatic carbocycles. The molecule has 2 heterocycles. The second-order valence-corrected chi connectivity index (χ2v) is 4.20. The fraction of sp³-hybridized carbons (Fsp3) is 0.250. The normalized spacial score (nSPS) is 10.4. The van der Waals surface area contributed by atoms with Gasteiger partial charge in [0.1, 0.15) is 17.5 Å². The molecule has 0 spiro atoms. The molecule has 7 heteroatoms. The smallest absolute Gasteiger partial charge is 0.267 e. The fourth-order valence-corrected chi connectivity index (χ4v) is 1.54. The van der Waals surface area contributed by atoms with Crippen molar-refractivity contribution < 1.29 is 0 Å². The lowest BCUT2D eigenvalue weighted by Gasteiger charge is -2.09. The van der Waals surface area contributed by atoms with Crippen LogP contribution in [0.5, 0.6) is 0 Å². The van der Waals surface area contributed by atoms with Crippen LogP contribution in [0.1, 0.15) is 25.6 Å². The van der Waals surface area contributed by atoms with Gasteiger partial charge in [-0.1, -0.05) is 0 Å². The van der Waals surface area contributed by atoms with E-state index in [4.69, 9.17) is 11.0 Å². The van der Waals surface area contributed by atoms with E-state index in [0.717, 1.165) is 0 Å². The van der Waals surface area contributed by atoms with Crippen LogP contribution in [-0.2, 0) is 0 Å². The predicted octanol–water partition coefficient (Wildman–Crippen LogP) is 0.735. The molecule has 2 aromatic rings. The molecule has 0 saturated heterocycles. The van der Waals surface area contributed by atoms with Crippen LogP contribution in [0, 0.1) is 11.3 Å². The Bertz CT molecular complexity index is 713. The number of nitrogens with zero attached hydrogens (tertiary/aromatic N) is 5. The molecule has 96 valence electrons. The van der Waals surface area contributed by atoms with Crippen LogP contribution in [0.4, 0.5) is 5.82 Å². The van der Waals surface area contributed by atoms with Gasteiger partial charge in [0.2, 0.25) is 0 Å². The Labute approximate surface area is 109 Å². The van der Waals surface area contributed by atoms with Gasteiger partial charge in [0, 0.05) is 6.07 Å². The molecule has 0 aliphatic rings. The van der Waals surface area contributed by atoms with Crippen molar-refractivity contribution >= 4 is 5.82 Å². The van der Waals surface area contributed by atoms with Gasteiger partial charge in [0.25, 0.3) is 5.56 Å². The standard InChI is InChI=1S/C12H12N6O/c1-7(2)18-11(19)4-3-8(17-18)10-6-15-12(14)9(5-13)16-10/h3-4,6-7H,1-2H3,(H2,14,15). The summed E-state index contributed by atoms with van der Waals surface area (Å²) in [7, 11) is 0. The van der Waals surface area contributed by atoms with Gasteiger partial charge in [-0.2, -0.15) is 10.4 Å². The minimum absolute atomic E-state index is 0.0431. The molecule has 2 aromatic heterocycles. The molecule has 7 nitrogen and oxygen atoms in total. The van der Waals surface area contributed by atoms with Crippen molar-refractivity contribution in [3.05, 3.63) is 34.4 Å². The van der Waals surface area contributed by atoms with Crippen molar-refractivity contribution in [3.63, 3.8) is 0 Å². The molecule has 0 aliphatic heterocycles. The number of rotatable bonds is 2. The molecule has 2 N–H and O–H groups in total. The van der Waals surface area contributed by atoms with Crippen molar-refractivity contribution in [2.75, 3.05) is 5.73 Å². The van der Waals surface area contributed by atoms with E-state index in [0.29, 0.717) is 11.4 Å². The summed E-state index contributed by atoms with van der Waals surface area (Å²) in [5.74, 6) is 0.0726. The molecule has 19 heavy (non-hydrogen) atoms. The molecule has 2 rings (SSSR count). The zero-order valence-corrected chi connectivity index (χ0v) is 10.5. The summed E-state index contributed by atoms with van der Waals surface area (Å²) in [5.41, 5.74) is 6.23. The van der Waals surface area contributed by atoms with Gasteiger partial charge in [-0.25, -0.2) is 14.6 Å². The third kappa shape index (κ3) is 2.42. The van der Waals surface area contributed by atoms with Crippen molar-refractivity contribution in [2.45, 2.75) is 19.9 Å². The molecular formula is C12H12N6O. The van der Waals surface area contributed by atoms with Crippen molar-refractivity contribution in [2.24, 2.45) is 0 Å². The maximum absolute atomic E-state index is 11.6. The Kier molecular flexibility index (Phi) is 3.25. The first-order valence-corrected chi connectivity index (χ1v) is 5.65. The number of nitriles is 1. The molecule has 0 radical (unpaired) electrons. The lowest BCUT2D eigenvalue weighted by Crippen LogP contribution is -2.24. The highest BCUT2D eigenvalue weighted by Crippen LogP contribution is 2.15. The number of nitrogens with two attached hydrogens (primary N) is 1. The molecule has 0 fully saturated rings. The monoisotopic (exact) mass is 256 g/mol. The van der Waals surface area contributed by atoms with E-state index < -0.39 is 0 Å². The largest absolute Gasteiger partial charge is 0.381 e. The molecule has 0 bridgehead atoms. The summed E-state index contributed by atoms with van der Waals surface area (Å²) in [6, 6.07) is 4.75. The van der Waals surface area contributed by atoms with Gasteiger partial charge in [-0.15, -0.1) is 0 Å². The summed E-state index contributed by atoms with van der Waals surface area (Å²) in [6.07, 6.45) is 1.42. The topological polar surface area (TPSA) is 110 Å². The van der Waals surface area contributed by atoms with E-state index in [1.807, 2.05) is 19.9 Å². The number of nitrogen functional groups attached to an aromatic ring is 1. The Morgan fingerprint density at radius 3 is 2.74 bits per heavy atom. The highest BCUT2D eigenvalue weighted by molar-refractivity contribution is 5.56. The molecular weight excluding hydrogens is 244 g/mol. The second-order valence-electron chi connectivity index (χ2n) is 4.20. The van der Waals surface area contributed by atoms with Gasteiger partial charge < -0.3 is 5.73 Å². The SMILES string of the molecule is CC(C)n1nc(-c2cnc(N)c(C#N)n2)ccc1=O. The van der Waals surface area contributed by atoms with E-state index >= 15 is 0 Å². The molecule has 0 unspecified atom stereocenters. The van der Waals surface area contributed by atoms with Crippen LogP contribution >= 0.6 is 0 Å².